The maximum atomic E-state index is 2.48. The quantitative estimate of drug-likeness (QED) is 0.165. The fourth-order valence-electron chi connectivity index (χ4n) is 10.8. The van der Waals surface area contributed by atoms with Crippen molar-refractivity contribution in [1.82, 2.24) is 18.3 Å². The van der Waals surface area contributed by atoms with Gasteiger partial charge >= 0.3 is 0 Å². The van der Waals surface area contributed by atoms with Crippen LogP contribution in [0.15, 0.2) is 231 Å². The number of fused-ring (bicyclic) bond motifs is 14. The number of hydrogen-bond acceptors (Lipinski definition) is 0. The molecular formula is C60H38N4. The van der Waals surface area contributed by atoms with Gasteiger partial charge in [-0.2, -0.15) is 0 Å². The highest BCUT2D eigenvalue weighted by Gasteiger charge is 2.24. The monoisotopic (exact) mass is 814 g/mol. The Morgan fingerprint density at radius 2 is 0.453 bits per heavy atom. The molecule has 0 fully saturated rings. The molecule has 0 aliphatic heterocycles. The van der Waals surface area contributed by atoms with E-state index in [1.54, 1.807) is 0 Å². The van der Waals surface area contributed by atoms with Gasteiger partial charge in [-0.15, -0.1) is 0 Å². The molecule has 0 aliphatic rings. The van der Waals surface area contributed by atoms with Crippen molar-refractivity contribution >= 4 is 87.2 Å². The molecule has 0 aliphatic carbocycles. The predicted molar refractivity (Wildman–Crippen MR) is 269 cm³/mol. The minimum absolute atomic E-state index is 1.14. The third kappa shape index (κ3) is 4.88. The van der Waals surface area contributed by atoms with Crippen LogP contribution in [0.25, 0.3) is 121 Å². The summed E-state index contributed by atoms with van der Waals surface area (Å²) in [6, 6.07) is 84.4. The molecule has 0 N–H and O–H groups in total. The Hall–Kier alpha value is -8.60. The van der Waals surface area contributed by atoms with Crippen LogP contribution in [0, 0.1) is 0 Å². The molecule has 0 saturated heterocycles. The highest BCUT2D eigenvalue weighted by Crippen LogP contribution is 2.45. The molecule has 64 heavy (non-hydrogen) atoms. The molecule has 4 nitrogen and oxygen atoms in total. The molecule has 4 heterocycles. The first-order valence-electron chi connectivity index (χ1n) is 22.0. The maximum Gasteiger partial charge on any atom is 0.0788 e. The van der Waals surface area contributed by atoms with Gasteiger partial charge in [0.2, 0.25) is 0 Å². The average molecular weight is 815 g/mol. The summed E-state index contributed by atoms with van der Waals surface area (Å²) in [5.74, 6) is 0. The van der Waals surface area contributed by atoms with Crippen LogP contribution in [0.2, 0.25) is 0 Å². The summed E-state index contributed by atoms with van der Waals surface area (Å²) in [5, 5.41) is 9.89. The lowest BCUT2D eigenvalue weighted by atomic mass is 10.00. The van der Waals surface area contributed by atoms with Gasteiger partial charge in [0.05, 0.1) is 44.1 Å². The Bertz CT molecular complexity index is 3880. The van der Waals surface area contributed by atoms with E-state index in [1.807, 2.05) is 0 Å². The third-order valence-corrected chi connectivity index (χ3v) is 13.5. The van der Waals surface area contributed by atoms with Crippen LogP contribution in [0.3, 0.4) is 0 Å². The van der Waals surface area contributed by atoms with E-state index in [0.717, 1.165) is 22.7 Å². The smallest absolute Gasteiger partial charge is 0.0788 e. The normalized spacial score (nSPS) is 12.1. The lowest BCUT2D eigenvalue weighted by Crippen LogP contribution is -1.98. The molecule has 0 unspecified atom stereocenters. The van der Waals surface area contributed by atoms with Crippen molar-refractivity contribution < 1.29 is 0 Å². The first-order valence-corrected chi connectivity index (χ1v) is 22.0. The number of hydrogen-bond donors (Lipinski definition) is 0. The summed E-state index contributed by atoms with van der Waals surface area (Å²) in [6.07, 6.45) is 0. The van der Waals surface area contributed by atoms with E-state index in [2.05, 4.69) is 249 Å². The second-order valence-corrected chi connectivity index (χ2v) is 16.9. The Labute approximate surface area is 368 Å². The zero-order valence-electron chi connectivity index (χ0n) is 34.7. The zero-order valence-corrected chi connectivity index (χ0v) is 34.7. The molecule has 0 radical (unpaired) electrons. The van der Waals surface area contributed by atoms with E-state index in [0.29, 0.717) is 0 Å². The summed E-state index contributed by atoms with van der Waals surface area (Å²) >= 11 is 0. The van der Waals surface area contributed by atoms with E-state index < -0.39 is 0 Å². The van der Waals surface area contributed by atoms with Crippen molar-refractivity contribution in [3.05, 3.63) is 231 Å². The molecule has 0 amide bonds. The van der Waals surface area contributed by atoms with Crippen molar-refractivity contribution in [3.8, 4) is 33.9 Å². The van der Waals surface area contributed by atoms with Gasteiger partial charge in [-0.25, -0.2) is 0 Å². The van der Waals surface area contributed by atoms with E-state index in [9.17, 15) is 0 Å². The Morgan fingerprint density at radius 3 is 0.781 bits per heavy atom. The molecule has 4 heteroatoms. The maximum absolute atomic E-state index is 2.48. The first-order chi connectivity index (χ1) is 31.8. The molecule has 4 aromatic heterocycles. The topological polar surface area (TPSA) is 19.7 Å². The van der Waals surface area contributed by atoms with E-state index >= 15 is 0 Å². The van der Waals surface area contributed by atoms with Gasteiger partial charge in [0.15, 0.2) is 0 Å². The minimum Gasteiger partial charge on any atom is -0.307 e. The Kier molecular flexibility index (Phi) is 7.36. The third-order valence-electron chi connectivity index (χ3n) is 13.5. The fourth-order valence-corrected chi connectivity index (χ4v) is 10.8. The molecule has 0 spiro atoms. The first kappa shape index (κ1) is 35.0. The summed E-state index contributed by atoms with van der Waals surface area (Å²) in [7, 11) is 0. The van der Waals surface area contributed by atoms with Gasteiger partial charge in [0.25, 0.3) is 0 Å². The van der Waals surface area contributed by atoms with Gasteiger partial charge in [-0.3, -0.25) is 0 Å². The molecule has 0 bridgehead atoms. The van der Waals surface area contributed by atoms with Crippen LogP contribution in [0.1, 0.15) is 0 Å². The lowest BCUT2D eigenvalue weighted by Gasteiger charge is -2.12. The Balaban J connectivity index is 1.06. The molecular weight excluding hydrogens is 777 g/mol. The molecule has 10 aromatic carbocycles. The van der Waals surface area contributed by atoms with E-state index in [1.165, 1.54) is 98.4 Å². The minimum atomic E-state index is 1.14. The summed E-state index contributed by atoms with van der Waals surface area (Å²) in [4.78, 5) is 0. The van der Waals surface area contributed by atoms with E-state index in [4.69, 9.17) is 0 Å². The van der Waals surface area contributed by atoms with Crippen LogP contribution in [-0.4, -0.2) is 18.3 Å². The van der Waals surface area contributed by atoms with Gasteiger partial charge in [0, 0.05) is 65.8 Å². The number of para-hydroxylation sites is 6. The SMILES string of the molecule is c1ccc(-n2c3ccccc3c3ccc4c5cc(-c6ccc7c(c6)c6ccc8c9ccccc9n(-c9ccccc9)c8c6n7-c6ccccc6)ccc5n(-c5ccccc5)c4c32)cc1. The fraction of sp³-hybridized carbons (Fsp3) is 0. The lowest BCUT2D eigenvalue weighted by molar-refractivity contribution is 1.15. The standard InChI is InChI=1S/C60H38N4/c1-5-17-41(18-6-1)61-53-27-15-13-25-45(53)47-31-33-49-51-37-39(29-35-55(51)63(59(49)57(47)61)43-21-9-3-10-22-43)40-30-36-56-52(38-40)50-34-32-48-46-26-14-16-28-54(46)62(42-19-7-2-8-20-42)58(48)60(50)64(56)44-23-11-4-12-24-44/h1-38H. The Morgan fingerprint density at radius 1 is 0.188 bits per heavy atom. The molecule has 0 atom stereocenters. The number of benzene rings is 10. The largest absolute Gasteiger partial charge is 0.307 e. The van der Waals surface area contributed by atoms with Gasteiger partial charge in [-0.05, 0) is 96.1 Å². The molecule has 298 valence electrons. The van der Waals surface area contributed by atoms with Crippen LogP contribution >= 0.6 is 0 Å². The van der Waals surface area contributed by atoms with Gasteiger partial charge < -0.3 is 18.3 Å². The van der Waals surface area contributed by atoms with Crippen LogP contribution in [-0.2, 0) is 0 Å². The number of rotatable bonds is 5. The van der Waals surface area contributed by atoms with Crippen molar-refractivity contribution in [2.45, 2.75) is 0 Å². The highest BCUT2D eigenvalue weighted by molar-refractivity contribution is 6.26. The average Bonchev–Trinajstić information content (AvgIpc) is 4.10. The summed E-state index contributed by atoms with van der Waals surface area (Å²) in [6.45, 7) is 0. The van der Waals surface area contributed by atoms with Crippen molar-refractivity contribution in [1.29, 1.82) is 0 Å². The van der Waals surface area contributed by atoms with Gasteiger partial charge in [-0.1, -0.05) is 146 Å². The second-order valence-electron chi connectivity index (χ2n) is 16.9. The van der Waals surface area contributed by atoms with Crippen LogP contribution < -0.4 is 0 Å². The van der Waals surface area contributed by atoms with Crippen LogP contribution in [0.5, 0.6) is 0 Å². The van der Waals surface area contributed by atoms with Crippen molar-refractivity contribution in [2.75, 3.05) is 0 Å². The predicted octanol–water partition coefficient (Wildman–Crippen LogP) is 15.7. The highest BCUT2D eigenvalue weighted by atomic mass is 15.1. The van der Waals surface area contributed by atoms with Gasteiger partial charge in [0.1, 0.15) is 0 Å². The van der Waals surface area contributed by atoms with Crippen LogP contribution in [0.4, 0.5) is 0 Å². The number of nitrogens with zero attached hydrogens (tertiary/aromatic N) is 4. The molecule has 14 aromatic rings. The molecule has 14 rings (SSSR count). The number of aromatic nitrogens is 4. The zero-order chi connectivity index (χ0) is 41.9. The summed E-state index contributed by atoms with van der Waals surface area (Å²) < 4.78 is 9.86. The van der Waals surface area contributed by atoms with Crippen molar-refractivity contribution in [3.63, 3.8) is 0 Å². The summed E-state index contributed by atoms with van der Waals surface area (Å²) in [5.41, 5.74) is 16.5. The molecule has 0 saturated carbocycles. The van der Waals surface area contributed by atoms with E-state index in [-0.39, 0.29) is 0 Å². The van der Waals surface area contributed by atoms with Crippen molar-refractivity contribution in [2.24, 2.45) is 0 Å². The second kappa shape index (κ2) is 13.4.